The molecule has 0 aliphatic carbocycles. The molecule has 0 N–H and O–H groups in total. The van der Waals surface area contributed by atoms with Crippen molar-refractivity contribution < 1.29 is 241 Å². The van der Waals surface area contributed by atoms with Gasteiger partial charge < -0.3 is 220 Å². The van der Waals surface area contributed by atoms with Crippen molar-refractivity contribution in [3.63, 3.8) is 0 Å². The fraction of sp³-hybridized carbons (Fsp3) is 0.490. The van der Waals surface area contributed by atoms with Gasteiger partial charge in [-0.1, -0.05) is 178 Å². The van der Waals surface area contributed by atoms with Crippen LogP contribution in [-0.2, 0) is 152 Å². The Labute approximate surface area is 1020 Å². The standard InChI is InChI=1S/2C12H24O6.2C10H15.6C7H5NS2.4C4H8O.2K.2U/c2*1-2-14-5-6-16-9-10-18-12-11-17-8-7-15-4-3-13-1;2*1-6-7(2)9(4)10(5)8(6)3;6*9-7-8-5-3-1-2-4-6(5)10-7;4*1-2-4-5-3-1;;;;/h2*1-12H2;2*1-5H3;6*1-4H,(H,8,9);4*1-4H2;;;;/q;;2*-1;;;;;;;;;;;2*+1;2*+3/p-6. The maximum atomic E-state index is 5.33. The molecule has 20 rings (SSSR count). The zero-order chi connectivity index (χ0) is 97.2. The summed E-state index contributed by atoms with van der Waals surface area (Å²) < 4.78 is 95.1. The van der Waals surface area contributed by atoms with Crippen molar-refractivity contribution in [3.05, 3.63) is 201 Å². The molecule has 6 fully saturated rings. The van der Waals surface area contributed by atoms with E-state index in [9.17, 15) is 0 Å². The van der Waals surface area contributed by atoms with Crippen LogP contribution in [0.2, 0.25) is 0 Å². The van der Waals surface area contributed by atoms with Gasteiger partial charge in [0.05, 0.1) is 192 Å². The molecule has 8 aromatic carbocycles. The SMILES string of the molecule is C1CCOC1.C1CCOC1.C1CCOC1.C1CCOC1.C1COCCOCCOCCOCCOCCO1.C1COCCOCCOCCOCCOCCO1.Cc1c(C)c(C)[c-](C)c1C.Cc1c(C)c(C)[c-](C)c1C.[K+].[K+].[S-]c1nc2ccccc2s1.[S-]c1nc2ccccc2s1.[S-]c1nc2ccccc2s1.[S-]c1nc2ccccc2s1.[S-]c1nc2ccccc2s1.[S-]c1nc2ccccc2s1.[U+3].[U+3]. The molecule has 140 heavy (non-hydrogen) atoms. The zero-order valence-electron chi connectivity index (χ0n) is 83.3. The number of thiazole rings is 6. The quantitative estimate of drug-likeness (QED) is 0.0781. The molecule has 0 bridgehead atoms. The van der Waals surface area contributed by atoms with Crippen LogP contribution in [0.4, 0.5) is 0 Å². The molecule has 0 unspecified atom stereocenters. The number of hydrogen-bond acceptors (Lipinski definition) is 34. The third-order valence-electron chi connectivity index (χ3n) is 21.0. The van der Waals surface area contributed by atoms with Gasteiger partial charge in [-0.05, 0) is 142 Å². The number of nitrogens with zero attached hydrogens (tertiary/aromatic N) is 6. The van der Waals surface area contributed by atoms with Crippen molar-refractivity contribution in [2.75, 3.05) is 211 Å². The van der Waals surface area contributed by atoms with Crippen LogP contribution in [0.25, 0.3) is 61.3 Å². The minimum Gasteiger partial charge on any atom is -0.408 e. The van der Waals surface area contributed by atoms with Gasteiger partial charge in [0.15, 0.2) is 0 Å². The Kier molecular flexibility index (Phi) is 81.0. The van der Waals surface area contributed by atoms with Crippen LogP contribution in [0.3, 0.4) is 0 Å². The molecule has 0 amide bonds. The first kappa shape index (κ1) is 134. The number of rotatable bonds is 0. The Morgan fingerprint density at radius 3 is 0.386 bits per heavy atom. The van der Waals surface area contributed by atoms with Gasteiger partial charge in [0.1, 0.15) is 0 Å². The van der Waals surface area contributed by atoms with E-state index in [1.165, 1.54) is 135 Å². The van der Waals surface area contributed by atoms with E-state index >= 15 is 0 Å². The van der Waals surface area contributed by atoms with Crippen LogP contribution in [0, 0.1) is 131 Å². The van der Waals surface area contributed by atoms with Gasteiger partial charge in [-0.2, -0.15) is 55.6 Å². The van der Waals surface area contributed by atoms with E-state index in [1.54, 1.807) is 68.0 Å². The summed E-state index contributed by atoms with van der Waals surface area (Å²) in [4.78, 5) is 24.9. The van der Waals surface area contributed by atoms with E-state index in [-0.39, 0.29) is 165 Å². The first-order valence-electron chi connectivity index (χ1n) is 46.1. The van der Waals surface area contributed by atoms with Crippen molar-refractivity contribution in [2.45, 2.75) is 147 Å². The van der Waals surface area contributed by atoms with Gasteiger partial charge in [-0.15, -0.1) is 0 Å². The largest absolute Gasteiger partial charge is 3.00 e. The second-order valence-corrected chi connectivity index (χ2v) is 40.6. The van der Waals surface area contributed by atoms with Crippen LogP contribution in [0.1, 0.15) is 107 Å². The van der Waals surface area contributed by atoms with Gasteiger partial charge in [0, 0.05) is 52.9 Å². The number of hydrogen-bond donors (Lipinski definition) is 0. The smallest absolute Gasteiger partial charge is 0.408 e. The Balaban J connectivity index is 0.000000392. The summed E-state index contributed by atoms with van der Waals surface area (Å²) in [6.07, 6.45) is 10.2. The maximum absolute atomic E-state index is 5.33. The molecule has 6 aromatic heterocycles. The van der Waals surface area contributed by atoms with Crippen LogP contribution >= 0.6 is 68.0 Å². The Morgan fingerprint density at radius 2 is 0.300 bits per heavy atom. The second kappa shape index (κ2) is 84.9. The van der Waals surface area contributed by atoms with E-state index in [4.69, 9.17) is 152 Å². The third-order valence-corrected chi connectivity index (χ3v) is 28.1. The van der Waals surface area contributed by atoms with Crippen LogP contribution in [-0.4, -0.2) is 241 Å². The molecule has 0 atom stereocenters. The molecular formula is C102H134K2N6O16S12U2. The van der Waals surface area contributed by atoms with Crippen LogP contribution < -0.4 is 103 Å². The summed E-state index contributed by atoms with van der Waals surface area (Å²) >= 11 is 38.9. The molecule has 6 aliphatic rings. The fourth-order valence-corrected chi connectivity index (χ4v) is 19.0. The van der Waals surface area contributed by atoms with Crippen LogP contribution in [0.15, 0.2) is 172 Å². The summed E-state index contributed by atoms with van der Waals surface area (Å²) in [5, 5.41) is 0. The van der Waals surface area contributed by atoms with E-state index in [0.717, 1.165) is 112 Å². The van der Waals surface area contributed by atoms with Crippen molar-refractivity contribution in [1.29, 1.82) is 0 Å². The number of para-hydroxylation sites is 6. The number of fused-ring (bicyclic) bond motifs is 6. The normalized spacial score (nSPS) is 15.6. The second-order valence-electron chi connectivity index (χ2n) is 30.6. The van der Waals surface area contributed by atoms with E-state index in [2.05, 4.69) is 99.1 Å². The molecule has 38 heteroatoms. The maximum Gasteiger partial charge on any atom is 3.00 e. The predicted octanol–water partition coefficient (Wildman–Crippen LogP) is 16.5. The molecule has 0 spiro atoms. The van der Waals surface area contributed by atoms with Gasteiger partial charge in [-0.25, -0.2) is 0 Å². The van der Waals surface area contributed by atoms with E-state index in [0.29, 0.717) is 159 Å². The first-order chi connectivity index (χ1) is 66.3. The van der Waals surface area contributed by atoms with Gasteiger partial charge in [0.25, 0.3) is 0 Å². The average molecular weight is 2640 g/mol. The monoisotopic (exact) mass is 2640 g/mol. The topological polar surface area (TPSA) is 225 Å². The molecule has 14 aromatic rings. The summed E-state index contributed by atoms with van der Waals surface area (Å²) in [5.74, 6) is 0. The predicted molar refractivity (Wildman–Crippen MR) is 573 cm³/mol. The summed E-state index contributed by atoms with van der Waals surface area (Å²) in [6, 6.07) is 47.8. The summed E-state index contributed by atoms with van der Waals surface area (Å²) in [7, 11) is 0. The van der Waals surface area contributed by atoms with Crippen molar-refractivity contribution in [2.24, 2.45) is 0 Å². The molecular weight excluding hydrogens is 2500 g/mol. The van der Waals surface area contributed by atoms with Gasteiger partial charge in [0.2, 0.25) is 0 Å². The van der Waals surface area contributed by atoms with Crippen molar-refractivity contribution in [3.8, 4) is 0 Å². The molecule has 6 saturated heterocycles. The van der Waals surface area contributed by atoms with Gasteiger partial charge >= 0.3 is 165 Å². The molecule has 750 valence electrons. The summed E-state index contributed by atoms with van der Waals surface area (Å²) in [5.41, 5.74) is 20.7. The van der Waals surface area contributed by atoms with E-state index in [1.807, 2.05) is 146 Å². The van der Waals surface area contributed by atoms with Crippen LogP contribution in [0.5, 0.6) is 0 Å². The molecule has 2 radical (unpaired) electrons. The third kappa shape index (κ3) is 58.3. The minimum absolute atomic E-state index is 0. The summed E-state index contributed by atoms with van der Waals surface area (Å²) in [6.45, 7) is 44.1. The average Bonchev–Trinajstić information content (AvgIpc) is 1.68. The molecule has 0 saturated carbocycles. The molecule has 12 heterocycles. The Hall–Kier alpha value is -0.583. The van der Waals surface area contributed by atoms with E-state index < -0.39 is 0 Å². The molecule has 6 aliphatic heterocycles. The first-order valence-corrected chi connectivity index (χ1v) is 53.4. The van der Waals surface area contributed by atoms with Gasteiger partial charge in [-0.3, -0.25) is 29.9 Å². The zero-order valence-corrected chi connectivity index (χ0v) is 108. The number of ether oxygens (including phenoxy) is 16. The number of aromatic nitrogens is 6. The molecule has 22 nitrogen and oxygen atoms in total. The Morgan fingerprint density at radius 1 is 0.193 bits per heavy atom. The number of benzene rings is 6. The minimum atomic E-state index is 0. The van der Waals surface area contributed by atoms with Crippen molar-refractivity contribution in [1.82, 2.24) is 29.9 Å². The van der Waals surface area contributed by atoms with Crippen molar-refractivity contribution >= 4 is 205 Å². The fourth-order valence-electron chi connectivity index (χ4n) is 12.6. The Bertz CT molecular complexity index is 4210.